The Morgan fingerprint density at radius 3 is 2.43 bits per heavy atom. The molecule has 0 spiro atoms. The van der Waals surface area contributed by atoms with Gasteiger partial charge in [0.15, 0.2) is 12.4 Å². The van der Waals surface area contributed by atoms with Gasteiger partial charge in [0.2, 0.25) is 0 Å². The van der Waals surface area contributed by atoms with Gasteiger partial charge < -0.3 is 9.84 Å². The first kappa shape index (κ1) is 16.4. The molecule has 0 bridgehead atoms. The zero-order valence-corrected chi connectivity index (χ0v) is 12.3. The van der Waals surface area contributed by atoms with E-state index in [-0.39, 0.29) is 11.3 Å². The summed E-state index contributed by atoms with van der Waals surface area (Å²) in [5.41, 5.74) is -0.465. The third-order valence-corrected chi connectivity index (χ3v) is 3.16. The van der Waals surface area contributed by atoms with Crippen molar-refractivity contribution in [3.8, 4) is 5.75 Å². The molecule has 1 N–H and O–H groups in total. The van der Waals surface area contributed by atoms with Crippen molar-refractivity contribution in [3.63, 3.8) is 0 Å². The number of rotatable bonds is 5. The van der Waals surface area contributed by atoms with E-state index in [9.17, 15) is 24.8 Å². The average molecular weight is 336 g/mol. The minimum absolute atomic E-state index is 0.297. The Bertz CT molecular complexity index is 772. The quantitative estimate of drug-likeness (QED) is 0.389. The number of carbonyl (C=O) groups is 2. The van der Waals surface area contributed by atoms with E-state index >= 15 is 0 Å². The number of nitro benzene ring substituents is 1. The van der Waals surface area contributed by atoms with Gasteiger partial charge >= 0.3 is 5.97 Å². The fourth-order valence-electron chi connectivity index (χ4n) is 1.73. The minimum Gasteiger partial charge on any atom is -0.507 e. The summed E-state index contributed by atoms with van der Waals surface area (Å²) in [6.45, 7) is -0.567. The predicted molar refractivity (Wildman–Crippen MR) is 80.8 cm³/mol. The second-order valence-corrected chi connectivity index (χ2v) is 4.90. The van der Waals surface area contributed by atoms with Crippen LogP contribution in [-0.4, -0.2) is 28.4 Å². The summed E-state index contributed by atoms with van der Waals surface area (Å²) in [7, 11) is 0. The van der Waals surface area contributed by atoms with Crippen LogP contribution in [0, 0.1) is 10.1 Å². The second-order valence-electron chi connectivity index (χ2n) is 4.46. The molecule has 2 aromatic rings. The maximum Gasteiger partial charge on any atom is 0.342 e. The Morgan fingerprint density at radius 2 is 1.83 bits per heavy atom. The van der Waals surface area contributed by atoms with E-state index in [1.807, 2.05) is 0 Å². The van der Waals surface area contributed by atoms with Gasteiger partial charge in [0.1, 0.15) is 11.3 Å². The maximum atomic E-state index is 11.9. The summed E-state index contributed by atoms with van der Waals surface area (Å²) in [5, 5.41) is 20.7. The van der Waals surface area contributed by atoms with E-state index in [0.29, 0.717) is 10.6 Å². The molecular formula is C15H10ClNO6. The number of benzene rings is 2. The lowest BCUT2D eigenvalue weighted by Crippen LogP contribution is -2.14. The zero-order chi connectivity index (χ0) is 17.0. The molecule has 0 aliphatic rings. The van der Waals surface area contributed by atoms with Gasteiger partial charge in [-0.25, -0.2) is 4.79 Å². The molecule has 0 radical (unpaired) electrons. The van der Waals surface area contributed by atoms with Crippen LogP contribution in [0.25, 0.3) is 0 Å². The Kier molecular flexibility index (Phi) is 4.92. The van der Waals surface area contributed by atoms with Crippen LogP contribution in [0.2, 0.25) is 5.02 Å². The number of phenolic OH excluding ortho intramolecular Hbond substituents is 1. The summed E-state index contributed by atoms with van der Waals surface area (Å²) < 4.78 is 4.79. The van der Waals surface area contributed by atoms with E-state index in [1.54, 1.807) is 0 Å². The molecule has 0 amide bonds. The molecule has 8 heteroatoms. The van der Waals surface area contributed by atoms with Crippen LogP contribution in [0.4, 0.5) is 5.69 Å². The van der Waals surface area contributed by atoms with E-state index in [0.717, 1.165) is 18.2 Å². The Balaban J connectivity index is 2.07. The topological polar surface area (TPSA) is 107 Å². The molecule has 0 aromatic heterocycles. The number of hydrogen-bond acceptors (Lipinski definition) is 6. The maximum absolute atomic E-state index is 11.9. The average Bonchev–Trinajstić information content (AvgIpc) is 2.53. The van der Waals surface area contributed by atoms with Crippen LogP contribution >= 0.6 is 11.6 Å². The molecule has 0 saturated carbocycles. The molecule has 2 aromatic carbocycles. The number of non-ortho nitro benzene ring substituents is 1. The van der Waals surface area contributed by atoms with Crippen LogP contribution < -0.4 is 0 Å². The molecule has 2 rings (SSSR count). The lowest BCUT2D eigenvalue weighted by Gasteiger charge is -2.06. The number of halogens is 1. The normalized spacial score (nSPS) is 10.1. The number of nitrogens with zero attached hydrogens (tertiary/aromatic N) is 1. The predicted octanol–water partition coefficient (Wildman–Crippen LogP) is 2.99. The summed E-state index contributed by atoms with van der Waals surface area (Å²) in [4.78, 5) is 33.7. The summed E-state index contributed by atoms with van der Waals surface area (Å²) in [6.07, 6.45) is 0. The number of carbonyl (C=O) groups excluding carboxylic acids is 2. The molecule has 118 valence electrons. The van der Waals surface area contributed by atoms with Gasteiger partial charge in [-0.1, -0.05) is 11.6 Å². The Hall–Kier alpha value is -2.93. The van der Waals surface area contributed by atoms with Crippen molar-refractivity contribution >= 4 is 29.0 Å². The molecule has 0 aliphatic carbocycles. The van der Waals surface area contributed by atoms with Gasteiger partial charge in [-0.3, -0.25) is 14.9 Å². The van der Waals surface area contributed by atoms with Crippen molar-refractivity contribution in [1.29, 1.82) is 0 Å². The van der Waals surface area contributed by atoms with Gasteiger partial charge in [-0.05, 0) is 30.3 Å². The SMILES string of the molecule is O=C(COC(=O)c1cc([N+](=O)[O-])ccc1O)c1ccc(Cl)cc1. The van der Waals surface area contributed by atoms with Crippen molar-refractivity contribution < 1.29 is 24.4 Å². The van der Waals surface area contributed by atoms with Crippen LogP contribution in [0.15, 0.2) is 42.5 Å². The van der Waals surface area contributed by atoms with Crippen molar-refractivity contribution in [2.45, 2.75) is 0 Å². The molecule has 7 nitrogen and oxygen atoms in total. The summed E-state index contributed by atoms with van der Waals surface area (Å²) in [5.74, 6) is -1.98. The highest BCUT2D eigenvalue weighted by molar-refractivity contribution is 6.30. The van der Waals surface area contributed by atoms with Crippen LogP contribution in [-0.2, 0) is 4.74 Å². The van der Waals surface area contributed by atoms with Crippen LogP contribution in [0.1, 0.15) is 20.7 Å². The second kappa shape index (κ2) is 6.89. The first-order valence-electron chi connectivity index (χ1n) is 6.32. The van der Waals surface area contributed by atoms with Gasteiger partial charge in [-0.15, -0.1) is 0 Å². The highest BCUT2D eigenvalue weighted by Gasteiger charge is 2.19. The first-order chi connectivity index (χ1) is 10.9. The number of nitro groups is 1. The van der Waals surface area contributed by atoms with Gasteiger partial charge in [0.05, 0.1) is 4.92 Å². The number of aromatic hydroxyl groups is 1. The largest absolute Gasteiger partial charge is 0.507 e. The number of phenols is 1. The molecule has 23 heavy (non-hydrogen) atoms. The van der Waals surface area contributed by atoms with Crippen LogP contribution in [0.3, 0.4) is 0 Å². The fourth-order valence-corrected chi connectivity index (χ4v) is 1.86. The van der Waals surface area contributed by atoms with Crippen LogP contribution in [0.5, 0.6) is 5.75 Å². The lowest BCUT2D eigenvalue weighted by atomic mass is 10.1. The molecule has 0 saturated heterocycles. The highest BCUT2D eigenvalue weighted by Crippen LogP contribution is 2.23. The van der Waals surface area contributed by atoms with E-state index < -0.39 is 29.0 Å². The molecule has 0 unspecified atom stereocenters. The number of ether oxygens (including phenoxy) is 1. The highest BCUT2D eigenvalue weighted by atomic mass is 35.5. The van der Waals surface area contributed by atoms with Crippen molar-refractivity contribution in [2.75, 3.05) is 6.61 Å². The monoisotopic (exact) mass is 335 g/mol. The van der Waals surface area contributed by atoms with Crippen molar-refractivity contribution in [1.82, 2.24) is 0 Å². The van der Waals surface area contributed by atoms with E-state index in [4.69, 9.17) is 16.3 Å². The molecule has 0 fully saturated rings. The zero-order valence-electron chi connectivity index (χ0n) is 11.6. The minimum atomic E-state index is -1.03. The molecule has 0 aliphatic heterocycles. The van der Waals surface area contributed by atoms with Gasteiger partial charge in [0, 0.05) is 22.7 Å². The Morgan fingerprint density at radius 1 is 1.17 bits per heavy atom. The number of ketones is 1. The van der Waals surface area contributed by atoms with E-state index in [2.05, 4.69) is 0 Å². The van der Waals surface area contributed by atoms with Gasteiger partial charge in [-0.2, -0.15) is 0 Å². The Labute approximate surface area is 135 Å². The number of Topliss-reactive ketones (excluding diaryl/α,β-unsaturated/α-hetero) is 1. The smallest absolute Gasteiger partial charge is 0.342 e. The molecular weight excluding hydrogens is 326 g/mol. The lowest BCUT2D eigenvalue weighted by molar-refractivity contribution is -0.384. The summed E-state index contributed by atoms with van der Waals surface area (Å²) in [6, 6.07) is 8.92. The van der Waals surface area contributed by atoms with Gasteiger partial charge in [0.25, 0.3) is 5.69 Å². The van der Waals surface area contributed by atoms with E-state index in [1.165, 1.54) is 24.3 Å². The molecule has 0 atom stereocenters. The third kappa shape index (κ3) is 4.04. The molecule has 0 heterocycles. The number of esters is 1. The standard InChI is InChI=1S/C15H10ClNO6/c16-10-3-1-9(2-4-10)14(19)8-23-15(20)12-7-11(17(21)22)5-6-13(12)18/h1-7,18H,8H2. The first-order valence-corrected chi connectivity index (χ1v) is 6.69. The summed E-state index contributed by atoms with van der Waals surface area (Å²) >= 11 is 5.70. The number of hydrogen-bond donors (Lipinski definition) is 1. The van der Waals surface area contributed by atoms with Crippen molar-refractivity contribution in [3.05, 3.63) is 68.7 Å². The van der Waals surface area contributed by atoms with Crippen molar-refractivity contribution in [2.24, 2.45) is 0 Å². The third-order valence-electron chi connectivity index (χ3n) is 2.91. The fraction of sp³-hybridized carbons (Fsp3) is 0.0667.